The van der Waals surface area contributed by atoms with E-state index in [0.29, 0.717) is 34.5 Å². The fraction of sp³-hybridized carbons (Fsp3) is 0.273. The highest BCUT2D eigenvalue weighted by Crippen LogP contribution is 2.36. The summed E-state index contributed by atoms with van der Waals surface area (Å²) in [5, 5.41) is 0. The number of nitrogens with zero attached hydrogens (tertiary/aromatic N) is 2. The second kappa shape index (κ2) is 7.50. The molecule has 0 spiro atoms. The van der Waals surface area contributed by atoms with Crippen molar-refractivity contribution in [1.29, 1.82) is 0 Å². The third kappa shape index (κ3) is 3.18. The number of benzene rings is 2. The molecule has 7 nitrogen and oxygen atoms in total. The lowest BCUT2D eigenvalue weighted by Crippen LogP contribution is -2.38. The quantitative estimate of drug-likeness (QED) is 0.731. The Hall–Kier alpha value is -3.48. The van der Waals surface area contributed by atoms with Gasteiger partial charge in [0.15, 0.2) is 5.78 Å². The Morgan fingerprint density at radius 2 is 1.62 bits per heavy atom. The number of methoxy groups -OCH3 is 1. The van der Waals surface area contributed by atoms with Gasteiger partial charge in [-0.15, -0.1) is 0 Å². The molecule has 0 saturated carbocycles. The summed E-state index contributed by atoms with van der Waals surface area (Å²) in [5.41, 5.74) is 1.77. The van der Waals surface area contributed by atoms with Crippen molar-refractivity contribution in [3.8, 4) is 5.75 Å². The Labute approximate surface area is 167 Å². The highest BCUT2D eigenvalue weighted by molar-refractivity contribution is 6.21. The van der Waals surface area contributed by atoms with Gasteiger partial charge >= 0.3 is 0 Å². The Morgan fingerprint density at radius 3 is 2.28 bits per heavy atom. The fourth-order valence-electron chi connectivity index (χ4n) is 3.87. The lowest BCUT2D eigenvalue weighted by atomic mass is 9.99. The molecule has 7 heteroatoms. The predicted molar refractivity (Wildman–Crippen MR) is 105 cm³/mol. The summed E-state index contributed by atoms with van der Waals surface area (Å²) in [7, 11) is 1.50. The highest BCUT2D eigenvalue weighted by atomic mass is 16.5. The number of carbonyl (C=O) groups excluding carboxylic acids is 4. The highest BCUT2D eigenvalue weighted by Gasteiger charge is 2.35. The fourth-order valence-corrected chi connectivity index (χ4v) is 3.87. The number of fused-ring (bicyclic) bond motifs is 2. The number of carbonyl (C=O) groups is 4. The van der Waals surface area contributed by atoms with Crippen LogP contribution in [0.3, 0.4) is 0 Å². The number of ether oxygens (including phenoxy) is 1. The van der Waals surface area contributed by atoms with Gasteiger partial charge < -0.3 is 9.64 Å². The van der Waals surface area contributed by atoms with Crippen LogP contribution in [0.15, 0.2) is 42.5 Å². The van der Waals surface area contributed by atoms with Crippen LogP contribution in [-0.4, -0.2) is 48.6 Å². The summed E-state index contributed by atoms with van der Waals surface area (Å²) in [6.45, 7) is 0.460. The minimum absolute atomic E-state index is 0.0195. The standard InChI is InChI=1S/C22H20N2O5/c1-29-18-9-4-8-16-17(25)11-13-23(20(16)18)19(26)10-5-12-24-21(27)14-6-2-3-7-15(14)22(24)28/h2-4,6-9H,5,10-13H2,1H3. The Bertz CT molecular complexity index is 995. The normalized spacial score (nSPS) is 15.4. The van der Waals surface area contributed by atoms with Crippen molar-refractivity contribution in [2.24, 2.45) is 0 Å². The van der Waals surface area contributed by atoms with Crippen LogP contribution in [0.1, 0.15) is 50.3 Å². The van der Waals surface area contributed by atoms with Gasteiger partial charge in [-0.05, 0) is 30.7 Å². The van der Waals surface area contributed by atoms with Crippen molar-refractivity contribution in [2.75, 3.05) is 25.1 Å². The molecule has 2 aliphatic heterocycles. The molecule has 0 unspecified atom stereocenters. The summed E-state index contributed by atoms with van der Waals surface area (Å²) >= 11 is 0. The number of Topliss-reactive ketones (excluding diaryl/α,β-unsaturated/α-hetero) is 1. The molecule has 0 atom stereocenters. The molecule has 2 aromatic carbocycles. The largest absolute Gasteiger partial charge is 0.495 e. The molecule has 0 aliphatic carbocycles. The second-order valence-corrected chi connectivity index (χ2v) is 6.99. The van der Waals surface area contributed by atoms with Crippen LogP contribution in [0.25, 0.3) is 0 Å². The van der Waals surface area contributed by atoms with E-state index in [1.54, 1.807) is 47.4 Å². The molecular formula is C22H20N2O5. The summed E-state index contributed by atoms with van der Waals surface area (Å²) in [6, 6.07) is 11.9. The SMILES string of the molecule is COc1cccc2c1N(C(=O)CCCN1C(=O)c3ccccc3C1=O)CCC2=O. The Balaban J connectivity index is 1.44. The molecule has 29 heavy (non-hydrogen) atoms. The molecule has 0 N–H and O–H groups in total. The van der Waals surface area contributed by atoms with Crippen molar-refractivity contribution in [1.82, 2.24) is 4.90 Å². The summed E-state index contributed by atoms with van der Waals surface area (Å²) in [6.07, 6.45) is 0.753. The molecule has 2 aliphatic rings. The smallest absolute Gasteiger partial charge is 0.261 e. The van der Waals surface area contributed by atoms with Gasteiger partial charge in [-0.1, -0.05) is 18.2 Å². The summed E-state index contributed by atoms with van der Waals surface area (Å²) in [4.78, 5) is 52.7. The Morgan fingerprint density at radius 1 is 0.966 bits per heavy atom. The van der Waals surface area contributed by atoms with Crippen molar-refractivity contribution < 1.29 is 23.9 Å². The first-order valence-corrected chi connectivity index (χ1v) is 9.48. The van der Waals surface area contributed by atoms with Crippen LogP contribution < -0.4 is 9.64 Å². The number of hydrogen-bond acceptors (Lipinski definition) is 5. The molecule has 0 fully saturated rings. The minimum Gasteiger partial charge on any atom is -0.495 e. The van der Waals surface area contributed by atoms with Gasteiger partial charge in [-0.25, -0.2) is 0 Å². The van der Waals surface area contributed by atoms with Crippen LogP contribution in [0.2, 0.25) is 0 Å². The van der Waals surface area contributed by atoms with E-state index >= 15 is 0 Å². The average Bonchev–Trinajstić information content (AvgIpc) is 2.98. The van der Waals surface area contributed by atoms with Crippen molar-refractivity contribution in [3.63, 3.8) is 0 Å². The number of para-hydroxylation sites is 1. The first kappa shape index (κ1) is 18.9. The monoisotopic (exact) mass is 392 g/mol. The van der Waals surface area contributed by atoms with Gasteiger partial charge in [0.05, 0.1) is 23.9 Å². The number of imide groups is 1. The molecule has 0 aromatic heterocycles. The van der Waals surface area contributed by atoms with E-state index in [2.05, 4.69) is 0 Å². The van der Waals surface area contributed by atoms with E-state index in [-0.39, 0.29) is 49.4 Å². The van der Waals surface area contributed by atoms with Gasteiger partial charge in [-0.3, -0.25) is 24.1 Å². The van der Waals surface area contributed by atoms with E-state index in [0.717, 1.165) is 0 Å². The summed E-state index contributed by atoms with van der Waals surface area (Å²) in [5.74, 6) is -0.361. The third-order valence-corrected chi connectivity index (χ3v) is 5.30. The predicted octanol–water partition coefficient (Wildman–Crippen LogP) is 2.69. The van der Waals surface area contributed by atoms with Crippen molar-refractivity contribution in [3.05, 3.63) is 59.2 Å². The molecule has 0 saturated heterocycles. The van der Waals surface area contributed by atoms with E-state index in [9.17, 15) is 19.2 Å². The summed E-state index contributed by atoms with van der Waals surface area (Å²) < 4.78 is 5.35. The zero-order chi connectivity index (χ0) is 20.5. The lowest BCUT2D eigenvalue weighted by molar-refractivity contribution is -0.118. The molecule has 0 radical (unpaired) electrons. The first-order chi connectivity index (χ1) is 14.0. The van der Waals surface area contributed by atoms with Crippen molar-refractivity contribution in [2.45, 2.75) is 19.3 Å². The van der Waals surface area contributed by atoms with Crippen LogP contribution in [0, 0.1) is 0 Å². The third-order valence-electron chi connectivity index (χ3n) is 5.30. The van der Waals surface area contributed by atoms with Crippen LogP contribution in [0.5, 0.6) is 5.75 Å². The van der Waals surface area contributed by atoms with Crippen LogP contribution >= 0.6 is 0 Å². The van der Waals surface area contributed by atoms with Crippen LogP contribution in [-0.2, 0) is 4.79 Å². The number of amides is 3. The number of anilines is 1. The number of rotatable bonds is 5. The molecule has 3 amide bonds. The van der Waals surface area contributed by atoms with Gasteiger partial charge in [0.1, 0.15) is 5.75 Å². The van der Waals surface area contributed by atoms with Crippen molar-refractivity contribution >= 4 is 29.2 Å². The molecule has 0 bridgehead atoms. The molecular weight excluding hydrogens is 372 g/mol. The number of ketones is 1. The maximum Gasteiger partial charge on any atom is 0.261 e. The molecule has 148 valence electrons. The maximum atomic E-state index is 12.9. The van der Waals surface area contributed by atoms with Crippen LogP contribution in [0.4, 0.5) is 5.69 Å². The van der Waals surface area contributed by atoms with E-state index in [1.165, 1.54) is 12.0 Å². The first-order valence-electron chi connectivity index (χ1n) is 9.48. The number of hydrogen-bond donors (Lipinski definition) is 0. The second-order valence-electron chi connectivity index (χ2n) is 6.99. The Kier molecular flexibility index (Phi) is 4.88. The average molecular weight is 392 g/mol. The topological polar surface area (TPSA) is 84.0 Å². The van der Waals surface area contributed by atoms with E-state index < -0.39 is 0 Å². The molecule has 4 rings (SSSR count). The van der Waals surface area contributed by atoms with Gasteiger partial charge in [0.2, 0.25) is 5.91 Å². The maximum absolute atomic E-state index is 12.9. The molecule has 2 heterocycles. The zero-order valence-corrected chi connectivity index (χ0v) is 16.0. The van der Waals surface area contributed by atoms with Gasteiger partial charge in [0.25, 0.3) is 11.8 Å². The lowest BCUT2D eigenvalue weighted by Gasteiger charge is -2.30. The molecule has 2 aromatic rings. The van der Waals surface area contributed by atoms with E-state index in [1.807, 2.05) is 0 Å². The van der Waals surface area contributed by atoms with Gasteiger partial charge in [-0.2, -0.15) is 0 Å². The van der Waals surface area contributed by atoms with E-state index in [4.69, 9.17) is 4.74 Å². The van der Waals surface area contributed by atoms with Gasteiger partial charge in [0, 0.05) is 31.5 Å². The zero-order valence-electron chi connectivity index (χ0n) is 16.0. The minimum atomic E-state index is -0.325.